The lowest BCUT2D eigenvalue weighted by Crippen LogP contribution is -2.24. The number of halogens is 2. The van der Waals surface area contributed by atoms with Crippen LogP contribution in [0, 0.1) is 0 Å². The van der Waals surface area contributed by atoms with Gasteiger partial charge >= 0.3 is 0 Å². The molecule has 0 saturated carbocycles. The van der Waals surface area contributed by atoms with Gasteiger partial charge in [-0.1, -0.05) is 22.0 Å². The zero-order valence-electron chi connectivity index (χ0n) is 7.99. The second-order valence-corrected chi connectivity index (χ2v) is 5.67. The molecule has 0 spiro atoms. The Labute approximate surface area is 105 Å². The molecule has 2 heterocycles. The summed E-state index contributed by atoms with van der Waals surface area (Å²) in [6, 6.07) is 3.87. The lowest BCUT2D eigenvalue weighted by Gasteiger charge is -2.15. The Morgan fingerprint density at radius 1 is 1.53 bits per heavy atom. The third kappa shape index (κ3) is 2.78. The van der Waals surface area contributed by atoms with E-state index in [-0.39, 0.29) is 5.91 Å². The Balaban J connectivity index is 2.03. The molecule has 0 N–H and O–H groups in total. The van der Waals surface area contributed by atoms with Crippen molar-refractivity contribution in [3.63, 3.8) is 0 Å². The van der Waals surface area contributed by atoms with Crippen LogP contribution in [0.1, 0.15) is 12.0 Å². The zero-order valence-corrected chi connectivity index (χ0v) is 11.2. The largest absolute Gasteiger partial charge is 0.337 e. The van der Waals surface area contributed by atoms with Gasteiger partial charge in [0, 0.05) is 30.5 Å². The summed E-state index contributed by atoms with van der Waals surface area (Å²) in [5.74, 6) is 0.208. The molecule has 1 aromatic heterocycles. The first kappa shape index (κ1) is 11.1. The molecule has 1 fully saturated rings. The number of carbonyl (C=O) groups is 1. The Kier molecular flexibility index (Phi) is 3.41. The number of aromatic nitrogens is 1. The maximum atomic E-state index is 11.5. The summed E-state index contributed by atoms with van der Waals surface area (Å²) in [7, 11) is 0. The Bertz CT molecular complexity index is 366. The smallest absolute Gasteiger partial charge is 0.224 e. The van der Waals surface area contributed by atoms with Crippen LogP contribution in [-0.2, 0) is 11.3 Å². The van der Waals surface area contributed by atoms with Crippen LogP contribution >= 0.6 is 31.9 Å². The van der Waals surface area contributed by atoms with Crippen LogP contribution in [0.2, 0.25) is 0 Å². The predicted molar refractivity (Wildman–Crippen MR) is 64.7 cm³/mol. The molecule has 0 radical (unpaired) electrons. The van der Waals surface area contributed by atoms with E-state index in [1.165, 1.54) is 0 Å². The lowest BCUT2D eigenvalue weighted by molar-refractivity contribution is -0.128. The molecular weight excluding hydrogens is 324 g/mol. The van der Waals surface area contributed by atoms with Gasteiger partial charge in [0.1, 0.15) is 4.60 Å². The van der Waals surface area contributed by atoms with Gasteiger partial charge in [0.05, 0.1) is 0 Å². The SMILES string of the molecule is O=C1CC(Br)CN1Cc1ccc(Br)nc1. The van der Waals surface area contributed by atoms with E-state index in [0.29, 0.717) is 17.8 Å². The normalized spacial score (nSPS) is 21.1. The van der Waals surface area contributed by atoms with Crippen LogP contribution < -0.4 is 0 Å². The van der Waals surface area contributed by atoms with Crippen molar-refractivity contribution in [3.05, 3.63) is 28.5 Å². The van der Waals surface area contributed by atoms with Crippen molar-refractivity contribution in [2.24, 2.45) is 0 Å². The Morgan fingerprint density at radius 2 is 2.33 bits per heavy atom. The van der Waals surface area contributed by atoms with Gasteiger partial charge in [0.25, 0.3) is 0 Å². The molecule has 5 heteroatoms. The quantitative estimate of drug-likeness (QED) is 0.615. The minimum absolute atomic E-state index is 0.208. The molecule has 1 aliphatic heterocycles. The first-order chi connectivity index (χ1) is 7.15. The standard InChI is InChI=1S/C10H10Br2N2O/c11-8-3-10(15)14(6-8)5-7-1-2-9(12)13-4-7/h1-2,4,8H,3,5-6H2. The fourth-order valence-electron chi connectivity index (χ4n) is 1.60. The molecule has 0 bridgehead atoms. The van der Waals surface area contributed by atoms with Gasteiger partial charge in [-0.2, -0.15) is 0 Å². The first-order valence-corrected chi connectivity index (χ1v) is 6.38. The number of carbonyl (C=O) groups excluding carboxylic acids is 1. The van der Waals surface area contributed by atoms with Crippen LogP contribution in [-0.4, -0.2) is 27.2 Å². The molecule has 1 unspecified atom stereocenters. The highest BCUT2D eigenvalue weighted by atomic mass is 79.9. The lowest BCUT2D eigenvalue weighted by atomic mass is 10.3. The van der Waals surface area contributed by atoms with Crippen molar-refractivity contribution in [2.75, 3.05) is 6.54 Å². The van der Waals surface area contributed by atoms with Crippen LogP contribution in [0.15, 0.2) is 22.9 Å². The molecule has 15 heavy (non-hydrogen) atoms. The van der Waals surface area contributed by atoms with Gasteiger partial charge in [-0.05, 0) is 27.6 Å². The maximum absolute atomic E-state index is 11.5. The molecule has 1 aliphatic rings. The fraction of sp³-hybridized carbons (Fsp3) is 0.400. The summed E-state index contributed by atoms with van der Waals surface area (Å²) in [6.45, 7) is 1.44. The van der Waals surface area contributed by atoms with Crippen LogP contribution in [0.3, 0.4) is 0 Å². The van der Waals surface area contributed by atoms with Gasteiger partial charge in [0.2, 0.25) is 5.91 Å². The van der Waals surface area contributed by atoms with Crippen molar-refractivity contribution in [3.8, 4) is 0 Å². The van der Waals surface area contributed by atoms with Crippen molar-refractivity contribution in [1.29, 1.82) is 0 Å². The second-order valence-electron chi connectivity index (χ2n) is 3.56. The molecule has 0 aliphatic carbocycles. The van der Waals surface area contributed by atoms with E-state index in [4.69, 9.17) is 0 Å². The number of hydrogen-bond donors (Lipinski definition) is 0. The number of hydrogen-bond acceptors (Lipinski definition) is 2. The highest BCUT2D eigenvalue weighted by Crippen LogP contribution is 2.20. The summed E-state index contributed by atoms with van der Waals surface area (Å²) in [5, 5.41) is 0. The summed E-state index contributed by atoms with van der Waals surface area (Å²) >= 11 is 6.74. The number of amides is 1. The van der Waals surface area contributed by atoms with Crippen molar-refractivity contribution in [2.45, 2.75) is 17.8 Å². The van der Waals surface area contributed by atoms with E-state index in [0.717, 1.165) is 16.7 Å². The van der Waals surface area contributed by atoms with Crippen LogP contribution in [0.4, 0.5) is 0 Å². The van der Waals surface area contributed by atoms with E-state index < -0.39 is 0 Å². The van der Waals surface area contributed by atoms with Crippen LogP contribution in [0.25, 0.3) is 0 Å². The zero-order chi connectivity index (χ0) is 10.8. The van der Waals surface area contributed by atoms with Crippen molar-refractivity contribution in [1.82, 2.24) is 9.88 Å². The summed E-state index contributed by atoms with van der Waals surface area (Å²) in [4.78, 5) is 17.8. The average Bonchev–Trinajstić information content (AvgIpc) is 2.49. The maximum Gasteiger partial charge on any atom is 0.224 e. The number of alkyl halides is 1. The van der Waals surface area contributed by atoms with Gasteiger partial charge in [-0.3, -0.25) is 4.79 Å². The summed E-state index contributed by atoms with van der Waals surface area (Å²) < 4.78 is 0.817. The monoisotopic (exact) mass is 332 g/mol. The topological polar surface area (TPSA) is 33.2 Å². The second kappa shape index (κ2) is 4.61. The number of likely N-dealkylation sites (tertiary alicyclic amines) is 1. The molecular formula is C10H10Br2N2O. The highest BCUT2D eigenvalue weighted by molar-refractivity contribution is 9.10. The summed E-state index contributed by atoms with van der Waals surface area (Å²) in [6.07, 6.45) is 2.39. The van der Waals surface area contributed by atoms with E-state index in [1.54, 1.807) is 6.20 Å². The van der Waals surface area contributed by atoms with Gasteiger partial charge in [-0.25, -0.2) is 4.98 Å². The van der Waals surface area contributed by atoms with Crippen molar-refractivity contribution >= 4 is 37.8 Å². The van der Waals surface area contributed by atoms with Gasteiger partial charge in [-0.15, -0.1) is 0 Å². The summed E-state index contributed by atoms with van der Waals surface area (Å²) in [5.41, 5.74) is 1.06. The molecule has 1 aromatic rings. The predicted octanol–water partition coefficient (Wildman–Crippen LogP) is 2.34. The van der Waals surface area contributed by atoms with E-state index >= 15 is 0 Å². The molecule has 1 amide bonds. The third-order valence-corrected chi connectivity index (χ3v) is 3.41. The number of pyridine rings is 1. The van der Waals surface area contributed by atoms with Crippen molar-refractivity contribution < 1.29 is 4.79 Å². The van der Waals surface area contributed by atoms with E-state index in [1.807, 2.05) is 17.0 Å². The van der Waals surface area contributed by atoms with Crippen LogP contribution in [0.5, 0.6) is 0 Å². The molecule has 2 rings (SSSR count). The molecule has 3 nitrogen and oxygen atoms in total. The fourth-order valence-corrected chi connectivity index (χ4v) is 2.46. The molecule has 1 atom stereocenters. The minimum Gasteiger partial charge on any atom is -0.337 e. The Morgan fingerprint density at radius 3 is 2.87 bits per heavy atom. The minimum atomic E-state index is 0.208. The van der Waals surface area contributed by atoms with E-state index in [9.17, 15) is 4.79 Å². The number of rotatable bonds is 2. The third-order valence-electron chi connectivity index (χ3n) is 2.33. The average molecular weight is 334 g/mol. The van der Waals surface area contributed by atoms with Gasteiger partial charge < -0.3 is 4.90 Å². The first-order valence-electron chi connectivity index (χ1n) is 4.67. The number of nitrogens with zero attached hydrogens (tertiary/aromatic N) is 2. The Hall–Kier alpha value is -0.420. The molecule has 0 aromatic carbocycles. The highest BCUT2D eigenvalue weighted by Gasteiger charge is 2.27. The van der Waals surface area contributed by atoms with E-state index in [2.05, 4.69) is 36.8 Å². The van der Waals surface area contributed by atoms with Gasteiger partial charge in [0.15, 0.2) is 0 Å². The molecule has 1 saturated heterocycles. The molecule has 80 valence electrons.